The zero-order chi connectivity index (χ0) is 18.9. The number of nitriles is 1. The molecule has 0 saturated carbocycles. The minimum atomic E-state index is -0.962. The highest BCUT2D eigenvalue weighted by Gasteiger charge is 2.38. The molecule has 0 bridgehead atoms. The number of benzene rings is 2. The molecule has 2 aromatic rings. The van der Waals surface area contributed by atoms with Gasteiger partial charge in [-0.15, -0.1) is 0 Å². The van der Waals surface area contributed by atoms with E-state index in [1.807, 2.05) is 30.3 Å². The monoisotopic (exact) mass is 366 g/mol. The number of anilines is 1. The van der Waals surface area contributed by atoms with Crippen molar-refractivity contribution in [1.82, 2.24) is 0 Å². The van der Waals surface area contributed by atoms with E-state index in [2.05, 4.69) is 6.07 Å². The molecule has 1 N–H and O–H groups in total. The van der Waals surface area contributed by atoms with Crippen molar-refractivity contribution < 1.29 is 14.7 Å². The molecule has 1 aliphatic rings. The van der Waals surface area contributed by atoms with Crippen LogP contribution in [0.3, 0.4) is 0 Å². The van der Waals surface area contributed by atoms with Gasteiger partial charge in [0.15, 0.2) is 5.60 Å². The van der Waals surface area contributed by atoms with Crippen LogP contribution in [-0.2, 0) is 4.84 Å². The van der Waals surface area contributed by atoms with Gasteiger partial charge < -0.3 is 9.84 Å². The number of fused-ring (bicyclic) bond motifs is 1. The maximum atomic E-state index is 10.9. The van der Waals surface area contributed by atoms with E-state index in [9.17, 15) is 10.4 Å². The van der Waals surface area contributed by atoms with Crippen molar-refractivity contribution in [1.29, 1.82) is 5.26 Å². The second kappa shape index (κ2) is 6.79. The molecule has 0 atom stereocenters. The maximum Gasteiger partial charge on any atom is 0.160 e. The summed E-state index contributed by atoms with van der Waals surface area (Å²) in [7, 11) is 1.51. The van der Waals surface area contributed by atoms with Gasteiger partial charge in [-0.3, -0.25) is 4.84 Å². The molecular formula is C20H18N2O3S. The minimum absolute atomic E-state index is 0.0110. The van der Waals surface area contributed by atoms with Crippen LogP contribution in [0.15, 0.2) is 54.3 Å². The third-order valence-electron chi connectivity index (χ3n) is 4.12. The molecule has 3 rings (SSSR count). The zero-order valence-electron chi connectivity index (χ0n) is 14.7. The maximum absolute atomic E-state index is 10.9. The highest BCUT2D eigenvalue weighted by Crippen LogP contribution is 2.41. The van der Waals surface area contributed by atoms with Crippen molar-refractivity contribution in [2.75, 3.05) is 12.2 Å². The average molecular weight is 366 g/mol. The van der Waals surface area contributed by atoms with E-state index in [1.54, 1.807) is 32.0 Å². The van der Waals surface area contributed by atoms with E-state index in [1.165, 1.54) is 12.2 Å². The fourth-order valence-electron chi connectivity index (χ4n) is 2.82. The average Bonchev–Trinajstić information content (AvgIpc) is 2.63. The van der Waals surface area contributed by atoms with E-state index < -0.39 is 5.60 Å². The summed E-state index contributed by atoms with van der Waals surface area (Å²) in [4.78, 5) is 5.76. The first-order valence-electron chi connectivity index (χ1n) is 8.00. The number of hydrogen-bond donors (Lipinski definition) is 1. The van der Waals surface area contributed by atoms with Crippen LogP contribution in [0.25, 0.3) is 5.57 Å². The number of nitrogens with zero attached hydrogens (tertiary/aromatic N) is 2. The predicted molar refractivity (Wildman–Crippen MR) is 104 cm³/mol. The molecule has 2 aromatic carbocycles. The second-order valence-corrected chi connectivity index (χ2v) is 6.66. The number of aliphatic hydroxyl groups excluding tert-OH is 1. The summed E-state index contributed by atoms with van der Waals surface area (Å²) in [5.41, 5.74) is 1.18. The van der Waals surface area contributed by atoms with Gasteiger partial charge in [-0.2, -0.15) is 5.26 Å². The van der Waals surface area contributed by atoms with Gasteiger partial charge in [-0.05, 0) is 44.2 Å². The lowest BCUT2D eigenvalue weighted by molar-refractivity contribution is 0.0926. The Morgan fingerprint density at radius 3 is 2.54 bits per heavy atom. The summed E-state index contributed by atoms with van der Waals surface area (Å²) in [6.07, 6.45) is 0. The van der Waals surface area contributed by atoms with Crippen LogP contribution in [-0.4, -0.2) is 22.8 Å². The van der Waals surface area contributed by atoms with Crippen LogP contribution >= 0.6 is 12.2 Å². The van der Waals surface area contributed by atoms with E-state index >= 15 is 0 Å². The van der Waals surface area contributed by atoms with Crippen LogP contribution in [0, 0.1) is 11.3 Å². The van der Waals surface area contributed by atoms with Crippen LogP contribution in [0.1, 0.15) is 25.0 Å². The second-order valence-electron chi connectivity index (χ2n) is 6.28. The number of ether oxygens (including phenoxy) is 1. The summed E-state index contributed by atoms with van der Waals surface area (Å²) in [5, 5.41) is 21.6. The van der Waals surface area contributed by atoms with Gasteiger partial charge in [0.2, 0.25) is 0 Å². The molecule has 0 fully saturated rings. The molecule has 0 spiro atoms. The van der Waals surface area contributed by atoms with E-state index in [0.717, 1.165) is 5.69 Å². The van der Waals surface area contributed by atoms with Gasteiger partial charge in [0, 0.05) is 5.56 Å². The molecule has 0 unspecified atom stereocenters. The highest BCUT2D eigenvalue weighted by atomic mass is 32.1. The summed E-state index contributed by atoms with van der Waals surface area (Å²) in [5.74, 6) is 0.538. The van der Waals surface area contributed by atoms with Gasteiger partial charge in [-0.25, -0.2) is 5.06 Å². The van der Waals surface area contributed by atoms with Gasteiger partial charge in [-0.1, -0.05) is 30.4 Å². The first kappa shape index (κ1) is 17.9. The number of rotatable bonds is 3. The molecule has 6 heteroatoms. The molecule has 0 aromatic heterocycles. The standard InChI is InChI=1S/C20H18N2O3S/c1-20(2)18(23)17(15-11-13(12-21)9-10-16(15)25-20)19(26)22(24-3)14-7-5-4-6-8-14/h4-11,23H,1-3H3. The Kier molecular flexibility index (Phi) is 4.68. The molecule has 0 radical (unpaired) electrons. The molecule has 0 aliphatic carbocycles. The molecular weight excluding hydrogens is 348 g/mol. The first-order valence-corrected chi connectivity index (χ1v) is 8.40. The summed E-state index contributed by atoms with van der Waals surface area (Å²) in [6, 6.07) is 16.5. The largest absolute Gasteiger partial charge is 0.507 e. The van der Waals surface area contributed by atoms with Gasteiger partial charge in [0.05, 0.1) is 30.0 Å². The topological polar surface area (TPSA) is 65.7 Å². The molecule has 5 nitrogen and oxygen atoms in total. The Labute approximate surface area is 157 Å². The van der Waals surface area contributed by atoms with Crippen LogP contribution < -0.4 is 9.80 Å². The normalized spacial score (nSPS) is 14.8. The lowest BCUT2D eigenvalue weighted by atomic mass is 9.91. The van der Waals surface area contributed by atoms with Crippen LogP contribution in [0.4, 0.5) is 5.69 Å². The van der Waals surface area contributed by atoms with Crippen molar-refractivity contribution >= 4 is 28.5 Å². The number of hydroxylamine groups is 1. The minimum Gasteiger partial charge on any atom is -0.507 e. The molecule has 0 amide bonds. The van der Waals surface area contributed by atoms with Gasteiger partial charge in [0.1, 0.15) is 16.5 Å². The highest BCUT2D eigenvalue weighted by molar-refractivity contribution is 7.81. The van der Waals surface area contributed by atoms with Crippen molar-refractivity contribution in [3.05, 3.63) is 65.4 Å². The molecule has 132 valence electrons. The molecule has 0 saturated heterocycles. The first-order chi connectivity index (χ1) is 12.4. The predicted octanol–water partition coefficient (Wildman–Crippen LogP) is 4.39. The Balaban J connectivity index is 2.17. The Hall–Kier alpha value is -2.88. The van der Waals surface area contributed by atoms with E-state index in [0.29, 0.717) is 22.4 Å². The zero-order valence-corrected chi connectivity index (χ0v) is 15.5. The number of aliphatic hydroxyl groups is 1. The third kappa shape index (κ3) is 3.03. The molecule has 26 heavy (non-hydrogen) atoms. The lowest BCUT2D eigenvalue weighted by Crippen LogP contribution is -2.39. The van der Waals surface area contributed by atoms with Crippen LogP contribution in [0.5, 0.6) is 5.75 Å². The number of para-hydroxylation sites is 1. The Bertz CT molecular complexity index is 930. The van der Waals surface area contributed by atoms with Gasteiger partial charge in [0.25, 0.3) is 0 Å². The lowest BCUT2D eigenvalue weighted by Gasteiger charge is -2.35. The van der Waals surface area contributed by atoms with E-state index in [-0.39, 0.29) is 10.7 Å². The van der Waals surface area contributed by atoms with Crippen molar-refractivity contribution in [3.63, 3.8) is 0 Å². The molecule has 1 aliphatic heterocycles. The Morgan fingerprint density at radius 1 is 1.23 bits per heavy atom. The molecule has 1 heterocycles. The number of hydrogen-bond acceptors (Lipinski definition) is 5. The number of thiocarbonyl (C=S) groups is 1. The Morgan fingerprint density at radius 2 is 1.92 bits per heavy atom. The quantitative estimate of drug-likeness (QED) is 0.642. The fourth-order valence-corrected chi connectivity index (χ4v) is 3.21. The smallest absolute Gasteiger partial charge is 0.160 e. The summed E-state index contributed by atoms with van der Waals surface area (Å²) in [6.45, 7) is 3.51. The third-order valence-corrected chi connectivity index (χ3v) is 4.49. The van der Waals surface area contributed by atoms with Crippen LogP contribution in [0.2, 0.25) is 0 Å². The van der Waals surface area contributed by atoms with Crippen molar-refractivity contribution in [3.8, 4) is 11.8 Å². The van der Waals surface area contributed by atoms with Crippen molar-refractivity contribution in [2.24, 2.45) is 0 Å². The fraction of sp³-hybridized carbons (Fsp3) is 0.200. The summed E-state index contributed by atoms with van der Waals surface area (Å²) < 4.78 is 5.89. The van der Waals surface area contributed by atoms with Gasteiger partial charge >= 0.3 is 0 Å². The SMILES string of the molecule is CON(C(=S)C1=C(O)C(C)(C)Oc2ccc(C#N)cc21)c1ccccc1. The van der Waals surface area contributed by atoms with Crippen molar-refractivity contribution in [2.45, 2.75) is 19.4 Å². The summed E-state index contributed by atoms with van der Waals surface area (Å²) >= 11 is 5.66. The van der Waals surface area contributed by atoms with E-state index in [4.69, 9.17) is 21.8 Å².